The smallest absolute Gasteiger partial charge is 0.289 e. The molecule has 4 aromatic carbocycles. The average molecular weight is 633 g/mol. The molecule has 0 saturated heterocycles. The van der Waals surface area contributed by atoms with Gasteiger partial charge in [-0.05, 0) is 12.8 Å². The molecule has 0 spiro atoms. The molecule has 10 nitrogen and oxygen atoms in total. The highest BCUT2D eigenvalue weighted by atomic mass is 16.5. The summed E-state index contributed by atoms with van der Waals surface area (Å²) in [6.45, 7) is 5.05. The number of benzene rings is 4. The first-order valence-electron chi connectivity index (χ1n) is 16.4. The van der Waals surface area contributed by atoms with Gasteiger partial charge in [0.15, 0.2) is 11.7 Å². The van der Waals surface area contributed by atoms with Crippen LogP contribution in [0, 0.1) is 0 Å². The second-order valence-electron chi connectivity index (χ2n) is 12.1. The Balaban J connectivity index is 1.46. The first kappa shape index (κ1) is 28.6. The summed E-state index contributed by atoms with van der Waals surface area (Å²) < 4.78 is 13.2. The predicted molar refractivity (Wildman–Crippen MR) is 183 cm³/mol. The van der Waals surface area contributed by atoms with Gasteiger partial charge in [-0.2, -0.15) is 0 Å². The molecular formula is C38H32N8O2. The van der Waals surface area contributed by atoms with E-state index in [1.54, 1.807) is 0 Å². The van der Waals surface area contributed by atoms with E-state index in [4.69, 9.17) is 39.4 Å². The van der Waals surface area contributed by atoms with Crippen molar-refractivity contribution in [2.24, 2.45) is 30.0 Å². The second-order valence-corrected chi connectivity index (χ2v) is 12.1. The van der Waals surface area contributed by atoms with E-state index < -0.39 is 11.7 Å². The zero-order chi connectivity index (χ0) is 32.3. The van der Waals surface area contributed by atoms with E-state index in [-0.39, 0.29) is 0 Å². The normalized spacial score (nSPS) is 22.0. The molecule has 3 aliphatic heterocycles. The quantitative estimate of drug-likeness (QED) is 0.273. The minimum absolute atomic E-state index is 0.451. The average Bonchev–Trinajstić information content (AvgIpc) is 3.83. The lowest BCUT2D eigenvalue weighted by atomic mass is 10.1. The topological polar surface area (TPSA) is 124 Å². The van der Waals surface area contributed by atoms with Crippen molar-refractivity contribution in [1.29, 1.82) is 0 Å². The van der Waals surface area contributed by atoms with Gasteiger partial charge in [-0.25, -0.2) is 30.0 Å². The lowest BCUT2D eigenvalue weighted by Crippen LogP contribution is -2.28. The Morgan fingerprint density at radius 3 is 1.27 bits per heavy atom. The van der Waals surface area contributed by atoms with Gasteiger partial charge in [0.05, 0.1) is 13.2 Å². The molecule has 2 atom stereocenters. The molecule has 0 saturated carbocycles. The van der Waals surface area contributed by atoms with Crippen LogP contribution < -0.4 is 22.0 Å². The second kappa shape index (κ2) is 11.0. The number of ether oxygens (including phenoxy) is 2. The fraction of sp³-hybridized carbons (Fsp3) is 0.211. The molecule has 9 rings (SSSR count). The number of amidine groups is 2. The van der Waals surface area contributed by atoms with Gasteiger partial charge in [0, 0.05) is 43.8 Å². The largest absolute Gasteiger partial charge is 0.332 e. The van der Waals surface area contributed by atoms with Crippen LogP contribution in [0.25, 0.3) is 21.5 Å². The molecule has 2 aromatic heterocycles. The molecule has 3 aliphatic rings. The number of aromatic nitrogens is 2. The number of hydrogen-bond donors (Lipinski definition) is 2. The van der Waals surface area contributed by atoms with Gasteiger partial charge in [-0.15, -0.1) is 0 Å². The summed E-state index contributed by atoms with van der Waals surface area (Å²) in [5, 5.41) is 3.58. The molecule has 0 fully saturated rings. The monoisotopic (exact) mass is 632 g/mol. The molecule has 0 aliphatic carbocycles. The zero-order valence-electron chi connectivity index (χ0n) is 26.6. The zero-order valence-corrected chi connectivity index (χ0v) is 26.6. The van der Waals surface area contributed by atoms with Crippen LogP contribution in [0.2, 0.25) is 0 Å². The van der Waals surface area contributed by atoms with E-state index in [1.807, 2.05) is 97.1 Å². The number of H-pyrrole nitrogens is 2. The van der Waals surface area contributed by atoms with Crippen molar-refractivity contribution >= 4 is 33.2 Å². The third kappa shape index (κ3) is 4.33. The Bertz CT molecular complexity index is 2400. The molecule has 0 amide bonds. The van der Waals surface area contributed by atoms with Crippen molar-refractivity contribution in [1.82, 2.24) is 9.97 Å². The standard InChI is InChI=1S/C38H32N8O2/c1-3-21-47-37-29-19-11-9-17-27(29)35(45-37)41-32-24-14-6-8-16-26(24)34(40-32)44-38(48-22-4-2)30-20-12-10-18-28(30)36(46-38)42-31-23-13-5-7-15-25(23)33(39-31)43-37/h5-20H,3-4,21-22H2,1-2H3,(H,39,42,43,46)(H,40,41,44,45)/t37-,38-/m1/s1. The summed E-state index contributed by atoms with van der Waals surface area (Å²) in [7, 11) is 0. The summed E-state index contributed by atoms with van der Waals surface area (Å²) in [4.78, 5) is 38.3. The lowest BCUT2D eigenvalue weighted by molar-refractivity contribution is -0.0377. The number of rotatable bonds is 6. The molecule has 48 heavy (non-hydrogen) atoms. The predicted octanol–water partition coefficient (Wildman–Crippen LogP) is 4.84. The number of aliphatic imine (C=N–C) groups is 2. The Morgan fingerprint density at radius 1 is 0.479 bits per heavy atom. The van der Waals surface area contributed by atoms with Gasteiger partial charge in [-0.3, -0.25) is 0 Å². The highest BCUT2D eigenvalue weighted by Crippen LogP contribution is 2.40. The SMILES string of the molecule is CCCO[C@@]12N=C(N=c3[nH]/c(c4ccccc34)=N\[C@@]3(OCCC)N=C(N=c4[nH]/c(c5ccccc45)=N\1)c1ccccc13)c1ccccc12. The summed E-state index contributed by atoms with van der Waals surface area (Å²) >= 11 is 0. The van der Waals surface area contributed by atoms with Gasteiger partial charge in [0.1, 0.15) is 22.0 Å². The Hall–Kier alpha value is -5.58. The van der Waals surface area contributed by atoms with E-state index in [0.717, 1.165) is 56.6 Å². The van der Waals surface area contributed by atoms with Crippen LogP contribution >= 0.6 is 0 Å². The van der Waals surface area contributed by atoms with Gasteiger partial charge in [0.25, 0.3) is 11.7 Å². The summed E-state index contributed by atoms with van der Waals surface area (Å²) in [6, 6.07) is 32.1. The Kier molecular flexibility index (Phi) is 6.56. The number of hydrogen-bond acceptors (Lipinski definition) is 8. The third-order valence-corrected chi connectivity index (χ3v) is 8.88. The first-order chi connectivity index (χ1) is 23.6. The van der Waals surface area contributed by atoms with E-state index >= 15 is 0 Å². The number of nitrogens with one attached hydrogen (secondary N) is 2. The lowest BCUT2D eigenvalue weighted by Gasteiger charge is -2.22. The summed E-state index contributed by atoms with van der Waals surface area (Å²) in [5.41, 5.74) is 5.79. The van der Waals surface area contributed by atoms with E-state index in [2.05, 4.69) is 23.8 Å². The Morgan fingerprint density at radius 2 is 0.854 bits per heavy atom. The fourth-order valence-corrected chi connectivity index (χ4v) is 6.72. The molecule has 236 valence electrons. The minimum Gasteiger partial charge on any atom is -0.332 e. The van der Waals surface area contributed by atoms with Gasteiger partial charge < -0.3 is 19.4 Å². The summed E-state index contributed by atoms with van der Waals surface area (Å²) in [6.07, 6.45) is 1.58. The fourth-order valence-electron chi connectivity index (χ4n) is 6.72. The van der Waals surface area contributed by atoms with E-state index in [0.29, 0.717) is 46.8 Å². The molecular weight excluding hydrogens is 600 g/mol. The van der Waals surface area contributed by atoms with Gasteiger partial charge in [-0.1, -0.05) is 111 Å². The van der Waals surface area contributed by atoms with E-state index in [1.165, 1.54) is 0 Å². The maximum atomic E-state index is 6.59. The maximum Gasteiger partial charge on any atom is 0.289 e. The van der Waals surface area contributed by atoms with Crippen LogP contribution in [-0.2, 0) is 21.2 Å². The molecule has 2 N–H and O–H groups in total. The van der Waals surface area contributed by atoms with Crippen LogP contribution in [0.3, 0.4) is 0 Å². The number of fused-ring (bicyclic) bond motifs is 18. The van der Waals surface area contributed by atoms with Crippen LogP contribution in [0.1, 0.15) is 48.9 Å². The third-order valence-electron chi connectivity index (χ3n) is 8.88. The molecule has 0 radical (unpaired) electrons. The van der Waals surface area contributed by atoms with Crippen molar-refractivity contribution < 1.29 is 9.47 Å². The van der Waals surface area contributed by atoms with Crippen LogP contribution in [0.15, 0.2) is 127 Å². The van der Waals surface area contributed by atoms with Crippen molar-refractivity contribution in [3.05, 3.63) is 141 Å². The van der Waals surface area contributed by atoms with Crippen molar-refractivity contribution in [2.45, 2.75) is 38.4 Å². The minimum atomic E-state index is -1.36. The highest BCUT2D eigenvalue weighted by Gasteiger charge is 2.43. The molecule has 5 heterocycles. The van der Waals surface area contributed by atoms with Crippen LogP contribution in [-0.4, -0.2) is 34.9 Å². The van der Waals surface area contributed by atoms with Gasteiger partial charge >= 0.3 is 0 Å². The van der Waals surface area contributed by atoms with Crippen molar-refractivity contribution in [2.75, 3.05) is 13.2 Å². The van der Waals surface area contributed by atoms with Crippen molar-refractivity contribution in [3.63, 3.8) is 0 Å². The highest BCUT2D eigenvalue weighted by molar-refractivity contribution is 6.05. The molecule has 0 unspecified atom stereocenters. The maximum absolute atomic E-state index is 6.59. The van der Waals surface area contributed by atoms with Crippen LogP contribution in [0.4, 0.5) is 0 Å². The molecule has 10 heteroatoms. The van der Waals surface area contributed by atoms with Crippen molar-refractivity contribution in [3.8, 4) is 0 Å². The first-order valence-corrected chi connectivity index (χ1v) is 16.4. The van der Waals surface area contributed by atoms with Crippen LogP contribution in [0.5, 0.6) is 0 Å². The number of nitrogens with zero attached hydrogens (tertiary/aromatic N) is 6. The summed E-state index contributed by atoms with van der Waals surface area (Å²) in [5.74, 6) is -1.69. The van der Waals surface area contributed by atoms with E-state index in [9.17, 15) is 0 Å². The molecule has 6 aromatic rings. The Labute approximate surface area is 275 Å². The van der Waals surface area contributed by atoms with Gasteiger partial charge in [0.2, 0.25) is 0 Å². The number of aromatic amines is 2. The molecule has 8 bridgehead atoms.